The molecule has 2 heteroatoms. The van der Waals surface area contributed by atoms with Gasteiger partial charge >= 0.3 is 0 Å². The average molecular weight is 165 g/mol. The highest BCUT2D eigenvalue weighted by molar-refractivity contribution is 5.29. The summed E-state index contributed by atoms with van der Waals surface area (Å²) in [6.07, 6.45) is 2.91. The van der Waals surface area contributed by atoms with Crippen molar-refractivity contribution < 1.29 is 0 Å². The van der Waals surface area contributed by atoms with Crippen LogP contribution in [0.15, 0.2) is 11.0 Å². The van der Waals surface area contributed by atoms with E-state index in [-0.39, 0.29) is 5.56 Å². The van der Waals surface area contributed by atoms with Gasteiger partial charge in [0.05, 0.1) is 0 Å². The van der Waals surface area contributed by atoms with E-state index in [2.05, 4.69) is 6.92 Å². The summed E-state index contributed by atoms with van der Waals surface area (Å²) in [5, 5.41) is 0. The van der Waals surface area contributed by atoms with Crippen LogP contribution in [0.25, 0.3) is 0 Å². The fourth-order valence-corrected chi connectivity index (χ4v) is 1.41. The van der Waals surface area contributed by atoms with Crippen LogP contribution in [0.4, 0.5) is 0 Å². The summed E-state index contributed by atoms with van der Waals surface area (Å²) in [7, 11) is 1.80. The van der Waals surface area contributed by atoms with Crippen LogP contribution in [0, 0.1) is 13.8 Å². The van der Waals surface area contributed by atoms with Gasteiger partial charge in [0.15, 0.2) is 0 Å². The lowest BCUT2D eigenvalue weighted by Crippen LogP contribution is -2.21. The Morgan fingerprint density at radius 2 is 1.92 bits per heavy atom. The summed E-state index contributed by atoms with van der Waals surface area (Å²) in [4.78, 5) is 11.4. The maximum atomic E-state index is 11.4. The molecule has 0 aromatic carbocycles. The molecule has 12 heavy (non-hydrogen) atoms. The molecule has 2 nitrogen and oxygen atoms in total. The topological polar surface area (TPSA) is 22.0 Å². The predicted octanol–water partition coefficient (Wildman–Crippen LogP) is 1.56. The molecule has 0 bridgehead atoms. The fourth-order valence-electron chi connectivity index (χ4n) is 1.41. The molecule has 0 saturated heterocycles. The third-order valence-corrected chi connectivity index (χ3v) is 2.42. The van der Waals surface area contributed by atoms with E-state index < -0.39 is 0 Å². The molecule has 0 fully saturated rings. The molecule has 0 aliphatic heterocycles. The second-order valence-corrected chi connectivity index (χ2v) is 3.17. The van der Waals surface area contributed by atoms with E-state index in [0.29, 0.717) is 0 Å². The van der Waals surface area contributed by atoms with Crippen LogP contribution in [0.2, 0.25) is 0 Å². The Morgan fingerprint density at radius 1 is 1.33 bits per heavy atom. The molecule has 0 aliphatic carbocycles. The van der Waals surface area contributed by atoms with Gasteiger partial charge in [0.25, 0.3) is 5.56 Å². The molecule has 1 heterocycles. The minimum absolute atomic E-state index is 0.115. The van der Waals surface area contributed by atoms with Crippen molar-refractivity contribution in [3.8, 4) is 0 Å². The van der Waals surface area contributed by atoms with Gasteiger partial charge in [-0.1, -0.05) is 6.92 Å². The first-order valence-corrected chi connectivity index (χ1v) is 4.23. The number of aryl methyl sites for hydroxylation is 2. The molecule has 1 aromatic rings. The van der Waals surface area contributed by atoms with E-state index in [9.17, 15) is 4.79 Å². The molecule has 1 rings (SSSR count). The van der Waals surface area contributed by atoms with Gasteiger partial charge in [-0.05, 0) is 31.4 Å². The number of aromatic nitrogens is 1. The van der Waals surface area contributed by atoms with Crippen LogP contribution >= 0.6 is 0 Å². The van der Waals surface area contributed by atoms with Gasteiger partial charge in [-0.3, -0.25) is 4.79 Å². The monoisotopic (exact) mass is 165 g/mol. The molecule has 1 aromatic heterocycles. The highest BCUT2D eigenvalue weighted by atomic mass is 16.1. The zero-order valence-corrected chi connectivity index (χ0v) is 8.14. The quantitative estimate of drug-likeness (QED) is 0.619. The lowest BCUT2D eigenvalue weighted by Gasteiger charge is -2.08. The van der Waals surface area contributed by atoms with Gasteiger partial charge in [-0.15, -0.1) is 0 Å². The highest BCUT2D eigenvalue weighted by Crippen LogP contribution is 2.08. The van der Waals surface area contributed by atoms with Crippen LogP contribution in [-0.2, 0) is 13.5 Å². The Kier molecular flexibility index (Phi) is 2.36. The zero-order valence-electron chi connectivity index (χ0n) is 8.14. The third kappa shape index (κ3) is 1.29. The highest BCUT2D eigenvalue weighted by Gasteiger charge is 2.04. The van der Waals surface area contributed by atoms with Gasteiger partial charge < -0.3 is 4.57 Å². The van der Waals surface area contributed by atoms with Crippen LogP contribution in [0.5, 0.6) is 0 Å². The van der Waals surface area contributed by atoms with E-state index in [4.69, 9.17) is 0 Å². The summed E-state index contributed by atoms with van der Waals surface area (Å²) < 4.78 is 1.65. The van der Waals surface area contributed by atoms with Crippen molar-refractivity contribution in [1.82, 2.24) is 4.57 Å². The van der Waals surface area contributed by atoms with Crippen molar-refractivity contribution in [3.05, 3.63) is 33.2 Å². The second-order valence-electron chi connectivity index (χ2n) is 3.17. The maximum absolute atomic E-state index is 11.4. The first kappa shape index (κ1) is 9.04. The maximum Gasteiger partial charge on any atom is 0.253 e. The smallest absolute Gasteiger partial charge is 0.253 e. The Bertz CT molecular complexity index is 350. The Morgan fingerprint density at radius 3 is 2.42 bits per heavy atom. The molecule has 0 unspecified atom stereocenters. The van der Waals surface area contributed by atoms with Gasteiger partial charge in [-0.2, -0.15) is 0 Å². The zero-order chi connectivity index (χ0) is 9.30. The Balaban J connectivity index is 3.50. The van der Waals surface area contributed by atoms with Crippen molar-refractivity contribution in [2.24, 2.45) is 7.05 Å². The molecule has 0 radical (unpaired) electrons. The largest absolute Gasteiger partial charge is 0.318 e. The van der Waals surface area contributed by atoms with Gasteiger partial charge in [0.1, 0.15) is 0 Å². The van der Waals surface area contributed by atoms with Crippen molar-refractivity contribution in [2.75, 3.05) is 0 Å². The molecular weight excluding hydrogens is 150 g/mol. The molecule has 0 N–H and O–H groups in total. The van der Waals surface area contributed by atoms with Gasteiger partial charge in [0.2, 0.25) is 0 Å². The summed E-state index contributed by atoms with van der Waals surface area (Å²) in [6, 6.07) is 0. The van der Waals surface area contributed by atoms with E-state index >= 15 is 0 Å². The van der Waals surface area contributed by atoms with E-state index in [0.717, 1.165) is 17.5 Å². The van der Waals surface area contributed by atoms with Crippen LogP contribution in [0.3, 0.4) is 0 Å². The van der Waals surface area contributed by atoms with Crippen LogP contribution < -0.4 is 5.56 Å². The van der Waals surface area contributed by atoms with Crippen molar-refractivity contribution in [1.29, 1.82) is 0 Å². The van der Waals surface area contributed by atoms with Crippen LogP contribution in [-0.4, -0.2) is 4.57 Å². The van der Waals surface area contributed by atoms with E-state index in [1.807, 2.05) is 20.0 Å². The van der Waals surface area contributed by atoms with Crippen LogP contribution in [0.1, 0.15) is 23.6 Å². The molecule has 0 amide bonds. The van der Waals surface area contributed by atoms with Crippen molar-refractivity contribution in [3.63, 3.8) is 0 Å². The summed E-state index contributed by atoms with van der Waals surface area (Å²) in [6.45, 7) is 6.00. The number of hydrogen-bond donors (Lipinski definition) is 0. The third-order valence-electron chi connectivity index (χ3n) is 2.42. The number of hydrogen-bond acceptors (Lipinski definition) is 1. The number of rotatable bonds is 1. The summed E-state index contributed by atoms with van der Waals surface area (Å²) in [5.41, 5.74) is 3.39. The fraction of sp³-hybridized carbons (Fsp3) is 0.500. The normalized spacial score (nSPS) is 10.3. The molecule has 0 spiro atoms. The molecule has 66 valence electrons. The standard InChI is InChI=1S/C10H15NO/c1-5-9-6-11(4)10(12)8(3)7(9)2/h6H,5H2,1-4H3. The predicted molar refractivity (Wildman–Crippen MR) is 50.5 cm³/mol. The average Bonchev–Trinajstić information content (AvgIpc) is 2.08. The number of pyridine rings is 1. The van der Waals surface area contributed by atoms with E-state index in [1.54, 1.807) is 11.6 Å². The first-order valence-electron chi connectivity index (χ1n) is 4.23. The lowest BCUT2D eigenvalue weighted by molar-refractivity contribution is 0.822. The first-order chi connectivity index (χ1) is 5.57. The van der Waals surface area contributed by atoms with Crippen molar-refractivity contribution in [2.45, 2.75) is 27.2 Å². The van der Waals surface area contributed by atoms with Crippen molar-refractivity contribution >= 4 is 0 Å². The minimum atomic E-state index is 0.115. The summed E-state index contributed by atoms with van der Waals surface area (Å²) >= 11 is 0. The molecule has 0 atom stereocenters. The number of nitrogens with zero attached hydrogens (tertiary/aromatic N) is 1. The van der Waals surface area contributed by atoms with Gasteiger partial charge in [-0.25, -0.2) is 0 Å². The summed E-state index contributed by atoms with van der Waals surface area (Å²) in [5.74, 6) is 0. The SMILES string of the molecule is CCc1cn(C)c(=O)c(C)c1C. The molecule has 0 aliphatic rings. The van der Waals surface area contributed by atoms with Gasteiger partial charge in [0, 0.05) is 18.8 Å². The second kappa shape index (κ2) is 3.13. The Hall–Kier alpha value is -1.05. The lowest BCUT2D eigenvalue weighted by atomic mass is 10.1. The molecule has 0 saturated carbocycles. The van der Waals surface area contributed by atoms with E-state index in [1.165, 1.54) is 5.56 Å². The Labute approximate surface area is 72.8 Å². The minimum Gasteiger partial charge on any atom is -0.318 e. The molecular formula is C10H15NO.